The van der Waals surface area contributed by atoms with E-state index in [0.717, 1.165) is 4.31 Å². The van der Waals surface area contributed by atoms with E-state index >= 15 is 0 Å². The Kier molecular flexibility index (Phi) is 9.88. The molecule has 0 radical (unpaired) electrons. The number of nitrogens with one attached hydrogen (secondary N) is 1. The molecular formula is C28H31ClFN3O4S. The van der Waals surface area contributed by atoms with Crippen molar-refractivity contribution in [3.05, 3.63) is 94.8 Å². The molecule has 3 aromatic rings. The third kappa shape index (κ3) is 6.90. The first-order valence-corrected chi connectivity index (χ1v) is 14.0. The van der Waals surface area contributed by atoms with E-state index < -0.39 is 40.2 Å². The molecule has 202 valence electrons. The summed E-state index contributed by atoms with van der Waals surface area (Å²) >= 11 is 5.96. The molecule has 0 unspecified atom stereocenters. The highest BCUT2D eigenvalue weighted by atomic mass is 35.5. The number of nitrogens with zero attached hydrogens (tertiary/aromatic N) is 2. The third-order valence-corrected chi connectivity index (χ3v) is 8.11. The van der Waals surface area contributed by atoms with E-state index in [4.69, 9.17) is 11.6 Å². The van der Waals surface area contributed by atoms with Gasteiger partial charge in [0.25, 0.3) is 10.0 Å². The second-order valence-corrected chi connectivity index (χ2v) is 11.1. The van der Waals surface area contributed by atoms with Crippen molar-refractivity contribution in [2.75, 3.05) is 17.4 Å². The molecule has 38 heavy (non-hydrogen) atoms. The molecule has 3 aromatic carbocycles. The molecule has 0 heterocycles. The van der Waals surface area contributed by atoms with Crippen LogP contribution in [0.1, 0.15) is 31.4 Å². The zero-order valence-electron chi connectivity index (χ0n) is 21.5. The fourth-order valence-corrected chi connectivity index (χ4v) is 5.48. The van der Waals surface area contributed by atoms with Gasteiger partial charge in [0.15, 0.2) is 0 Å². The minimum Gasteiger partial charge on any atom is -0.354 e. The summed E-state index contributed by atoms with van der Waals surface area (Å²) < 4.78 is 43.1. The maximum atomic E-state index is 14.5. The van der Waals surface area contributed by atoms with E-state index in [2.05, 4.69) is 5.32 Å². The van der Waals surface area contributed by atoms with Crippen LogP contribution in [0.3, 0.4) is 0 Å². The monoisotopic (exact) mass is 559 g/mol. The van der Waals surface area contributed by atoms with Gasteiger partial charge in [0.1, 0.15) is 18.4 Å². The zero-order chi connectivity index (χ0) is 27.9. The Morgan fingerprint density at radius 2 is 1.63 bits per heavy atom. The summed E-state index contributed by atoms with van der Waals surface area (Å²) in [6, 6.07) is 17.4. The number of anilines is 1. The van der Waals surface area contributed by atoms with Crippen molar-refractivity contribution in [1.29, 1.82) is 0 Å². The van der Waals surface area contributed by atoms with E-state index in [1.54, 1.807) is 37.3 Å². The number of halogens is 2. The number of amides is 2. The van der Waals surface area contributed by atoms with Gasteiger partial charge in [0.2, 0.25) is 11.8 Å². The number of hydrogen-bond acceptors (Lipinski definition) is 4. The highest BCUT2D eigenvalue weighted by molar-refractivity contribution is 7.92. The molecule has 0 bridgehead atoms. The number of carbonyl (C=O) groups is 2. The average Bonchev–Trinajstić information content (AvgIpc) is 2.90. The normalized spacial score (nSPS) is 12.0. The van der Waals surface area contributed by atoms with Crippen LogP contribution in [-0.2, 0) is 26.2 Å². The fourth-order valence-electron chi connectivity index (χ4n) is 3.88. The summed E-state index contributed by atoms with van der Waals surface area (Å²) in [5, 5.41) is 3.12. The molecule has 1 atom stereocenters. The quantitative estimate of drug-likeness (QED) is 0.361. The van der Waals surface area contributed by atoms with E-state index in [1.807, 2.05) is 6.92 Å². The van der Waals surface area contributed by atoms with Crippen LogP contribution in [0.25, 0.3) is 0 Å². The SMILES string of the molecule is CCCNC(=O)[C@@H](C)N(Cc1ccccc1F)C(=O)CN(c1ccccc1C)S(=O)(=O)c1ccc(Cl)cc1. The van der Waals surface area contributed by atoms with Crippen LogP contribution < -0.4 is 9.62 Å². The van der Waals surface area contributed by atoms with Gasteiger partial charge in [-0.25, -0.2) is 12.8 Å². The van der Waals surface area contributed by atoms with Gasteiger partial charge in [-0.15, -0.1) is 0 Å². The topological polar surface area (TPSA) is 86.8 Å². The van der Waals surface area contributed by atoms with Gasteiger partial charge in [-0.1, -0.05) is 54.9 Å². The number of para-hydroxylation sites is 1. The Labute approximate surface area is 228 Å². The molecule has 0 saturated carbocycles. The molecule has 10 heteroatoms. The molecule has 7 nitrogen and oxygen atoms in total. The highest BCUT2D eigenvalue weighted by Gasteiger charge is 2.33. The molecule has 0 aliphatic rings. The van der Waals surface area contributed by atoms with Crippen molar-refractivity contribution >= 4 is 39.1 Å². The van der Waals surface area contributed by atoms with Gasteiger partial charge in [-0.3, -0.25) is 13.9 Å². The first kappa shape index (κ1) is 29.1. The number of aryl methyl sites for hydroxylation is 1. The standard InChI is InChI=1S/C28H31ClFN3O4S/c1-4-17-31-28(35)21(3)32(18-22-10-6-7-11-25(22)30)27(34)19-33(26-12-8-5-9-20(26)2)38(36,37)24-15-13-23(29)14-16-24/h5-16,21H,4,17-19H2,1-3H3,(H,31,35)/t21-/m1/s1. The number of benzene rings is 3. The molecule has 0 spiro atoms. The maximum Gasteiger partial charge on any atom is 0.264 e. The molecule has 2 amide bonds. The molecule has 0 saturated heterocycles. The van der Waals surface area contributed by atoms with Gasteiger partial charge in [0.05, 0.1) is 10.6 Å². The minimum absolute atomic E-state index is 0.0488. The van der Waals surface area contributed by atoms with Crippen molar-refractivity contribution in [3.63, 3.8) is 0 Å². The van der Waals surface area contributed by atoms with Gasteiger partial charge in [-0.05, 0) is 62.2 Å². The van der Waals surface area contributed by atoms with Gasteiger partial charge in [0, 0.05) is 23.7 Å². The van der Waals surface area contributed by atoms with Gasteiger partial charge in [-0.2, -0.15) is 0 Å². The lowest BCUT2D eigenvalue weighted by Gasteiger charge is -2.32. The first-order valence-electron chi connectivity index (χ1n) is 12.2. The van der Waals surface area contributed by atoms with E-state index in [1.165, 1.54) is 54.3 Å². The van der Waals surface area contributed by atoms with Crippen LogP contribution in [0, 0.1) is 12.7 Å². The van der Waals surface area contributed by atoms with Crippen molar-refractivity contribution in [2.45, 2.75) is 44.7 Å². The lowest BCUT2D eigenvalue weighted by molar-refractivity contribution is -0.139. The molecule has 0 aliphatic carbocycles. The summed E-state index contributed by atoms with van der Waals surface area (Å²) in [5.74, 6) is -1.61. The van der Waals surface area contributed by atoms with Crippen molar-refractivity contribution in [2.24, 2.45) is 0 Å². The van der Waals surface area contributed by atoms with Gasteiger partial charge < -0.3 is 10.2 Å². The molecule has 1 N–H and O–H groups in total. The lowest BCUT2D eigenvalue weighted by Crippen LogP contribution is -2.51. The summed E-state index contributed by atoms with van der Waals surface area (Å²) in [5.41, 5.74) is 1.15. The maximum absolute atomic E-state index is 14.5. The summed E-state index contributed by atoms with van der Waals surface area (Å²) in [6.07, 6.45) is 0.695. The van der Waals surface area contributed by atoms with Crippen molar-refractivity contribution in [1.82, 2.24) is 10.2 Å². The highest BCUT2D eigenvalue weighted by Crippen LogP contribution is 2.28. The number of hydrogen-bond donors (Lipinski definition) is 1. The van der Waals surface area contributed by atoms with Crippen LogP contribution in [-0.4, -0.2) is 44.3 Å². The Morgan fingerprint density at radius 3 is 2.26 bits per heavy atom. The Hall–Kier alpha value is -3.43. The second-order valence-electron chi connectivity index (χ2n) is 8.83. The Bertz CT molecular complexity index is 1380. The molecule has 3 rings (SSSR count). The first-order chi connectivity index (χ1) is 18.1. The van der Waals surface area contributed by atoms with Crippen LogP contribution in [0.4, 0.5) is 10.1 Å². The van der Waals surface area contributed by atoms with Crippen LogP contribution in [0.2, 0.25) is 5.02 Å². The lowest BCUT2D eigenvalue weighted by atomic mass is 10.1. The second kappa shape index (κ2) is 12.9. The van der Waals surface area contributed by atoms with E-state index in [9.17, 15) is 22.4 Å². The third-order valence-electron chi connectivity index (χ3n) is 6.08. The predicted octanol–water partition coefficient (Wildman–Crippen LogP) is 4.93. The predicted molar refractivity (Wildman–Crippen MR) is 147 cm³/mol. The van der Waals surface area contributed by atoms with E-state index in [0.29, 0.717) is 29.2 Å². The van der Waals surface area contributed by atoms with Crippen molar-refractivity contribution in [3.8, 4) is 0 Å². The molecular weight excluding hydrogens is 529 g/mol. The number of rotatable bonds is 11. The molecule has 0 fully saturated rings. The smallest absolute Gasteiger partial charge is 0.264 e. The van der Waals surface area contributed by atoms with Crippen LogP contribution in [0.15, 0.2) is 77.7 Å². The van der Waals surface area contributed by atoms with Crippen molar-refractivity contribution < 1.29 is 22.4 Å². The minimum atomic E-state index is -4.21. The zero-order valence-corrected chi connectivity index (χ0v) is 23.1. The number of carbonyl (C=O) groups excluding carboxylic acids is 2. The molecule has 0 aliphatic heterocycles. The average molecular weight is 560 g/mol. The summed E-state index contributed by atoms with van der Waals surface area (Å²) in [4.78, 5) is 27.8. The Morgan fingerprint density at radius 1 is 1.00 bits per heavy atom. The molecule has 0 aromatic heterocycles. The summed E-state index contributed by atoms with van der Waals surface area (Å²) in [6.45, 7) is 4.77. The largest absolute Gasteiger partial charge is 0.354 e. The Balaban J connectivity index is 2.04. The van der Waals surface area contributed by atoms with Gasteiger partial charge >= 0.3 is 0 Å². The fraction of sp³-hybridized carbons (Fsp3) is 0.286. The number of sulfonamides is 1. The van der Waals surface area contributed by atoms with Crippen LogP contribution in [0.5, 0.6) is 0 Å². The van der Waals surface area contributed by atoms with E-state index in [-0.39, 0.29) is 17.0 Å². The summed E-state index contributed by atoms with van der Waals surface area (Å²) in [7, 11) is -4.21. The van der Waals surface area contributed by atoms with Crippen LogP contribution >= 0.6 is 11.6 Å².